The summed E-state index contributed by atoms with van der Waals surface area (Å²) in [5, 5.41) is 0. The van der Waals surface area contributed by atoms with Gasteiger partial charge in [0.2, 0.25) is 0 Å². The van der Waals surface area contributed by atoms with E-state index < -0.39 is 5.79 Å². The molecule has 0 unspecified atom stereocenters. The van der Waals surface area contributed by atoms with E-state index in [1.165, 1.54) is 0 Å². The quantitative estimate of drug-likeness (QED) is 0.793. The Morgan fingerprint density at radius 2 is 1.90 bits per heavy atom. The molecule has 114 valence electrons. The van der Waals surface area contributed by atoms with Gasteiger partial charge in [0.05, 0.1) is 13.2 Å². The fraction of sp³-hybridized carbons (Fsp3) is 0.625. The Morgan fingerprint density at radius 3 is 2.62 bits per heavy atom. The van der Waals surface area contributed by atoms with Gasteiger partial charge >= 0.3 is 0 Å². The van der Waals surface area contributed by atoms with Gasteiger partial charge in [-0.1, -0.05) is 30.3 Å². The molecule has 0 spiro atoms. The van der Waals surface area contributed by atoms with Crippen molar-refractivity contribution in [1.29, 1.82) is 0 Å². The van der Waals surface area contributed by atoms with Crippen LogP contribution < -0.4 is 0 Å². The van der Waals surface area contributed by atoms with Gasteiger partial charge in [0.25, 0.3) is 0 Å². The van der Waals surface area contributed by atoms with Gasteiger partial charge in [-0.3, -0.25) is 0 Å². The molecule has 0 aliphatic carbocycles. The van der Waals surface area contributed by atoms with Crippen LogP contribution in [0.2, 0.25) is 0 Å². The average Bonchev–Trinajstić information content (AvgIpc) is 3.18. The number of fused-ring (bicyclic) bond motifs is 1. The SMILES string of the molecule is CC1(C)O[C@H]2O[C@@H]([C@H]3CO3)[C@H](OCc3ccccc3)[C@H]2O1. The molecule has 21 heavy (non-hydrogen) atoms. The predicted molar refractivity (Wildman–Crippen MR) is 73.5 cm³/mol. The molecule has 3 heterocycles. The first-order chi connectivity index (χ1) is 10.1. The fourth-order valence-corrected chi connectivity index (χ4v) is 3.01. The number of hydrogen-bond acceptors (Lipinski definition) is 5. The average molecular weight is 292 g/mol. The highest BCUT2D eigenvalue weighted by Gasteiger charge is 2.59. The van der Waals surface area contributed by atoms with Gasteiger partial charge in [0.15, 0.2) is 12.1 Å². The van der Waals surface area contributed by atoms with Crippen molar-refractivity contribution in [3.63, 3.8) is 0 Å². The molecule has 1 aromatic carbocycles. The van der Waals surface area contributed by atoms with Crippen LogP contribution >= 0.6 is 0 Å². The number of rotatable bonds is 4. The van der Waals surface area contributed by atoms with Crippen molar-refractivity contribution in [1.82, 2.24) is 0 Å². The second-order valence-electron chi connectivity index (χ2n) is 6.20. The van der Waals surface area contributed by atoms with Crippen LogP contribution in [-0.4, -0.2) is 43.1 Å². The number of benzene rings is 1. The molecule has 3 aliphatic heterocycles. The highest BCUT2D eigenvalue weighted by molar-refractivity contribution is 5.13. The third-order valence-electron chi connectivity index (χ3n) is 4.04. The number of hydrogen-bond donors (Lipinski definition) is 0. The van der Waals surface area contributed by atoms with E-state index in [1.54, 1.807) is 0 Å². The lowest BCUT2D eigenvalue weighted by Gasteiger charge is -2.25. The minimum Gasteiger partial charge on any atom is -0.370 e. The highest BCUT2D eigenvalue weighted by atomic mass is 16.8. The first-order valence-corrected chi connectivity index (χ1v) is 7.41. The Morgan fingerprint density at radius 1 is 1.14 bits per heavy atom. The van der Waals surface area contributed by atoms with E-state index in [1.807, 2.05) is 44.2 Å². The summed E-state index contributed by atoms with van der Waals surface area (Å²) in [7, 11) is 0. The summed E-state index contributed by atoms with van der Waals surface area (Å²) in [5.41, 5.74) is 1.13. The molecular weight excluding hydrogens is 272 g/mol. The largest absolute Gasteiger partial charge is 0.370 e. The summed E-state index contributed by atoms with van der Waals surface area (Å²) in [6, 6.07) is 10.1. The zero-order chi connectivity index (χ0) is 14.4. The Kier molecular flexibility index (Phi) is 3.28. The van der Waals surface area contributed by atoms with Gasteiger partial charge < -0.3 is 23.7 Å². The summed E-state index contributed by atoms with van der Waals surface area (Å²) in [6.45, 7) is 5.04. The molecule has 5 nitrogen and oxygen atoms in total. The zero-order valence-electron chi connectivity index (χ0n) is 12.2. The Hall–Kier alpha value is -0.980. The molecule has 5 heteroatoms. The van der Waals surface area contributed by atoms with Gasteiger partial charge in [0.1, 0.15) is 24.4 Å². The van der Waals surface area contributed by atoms with E-state index >= 15 is 0 Å². The van der Waals surface area contributed by atoms with Crippen molar-refractivity contribution >= 4 is 0 Å². The third-order valence-corrected chi connectivity index (χ3v) is 4.04. The molecule has 3 fully saturated rings. The van der Waals surface area contributed by atoms with Gasteiger partial charge in [-0.05, 0) is 19.4 Å². The molecule has 4 rings (SSSR count). The lowest BCUT2D eigenvalue weighted by atomic mass is 10.1. The second-order valence-corrected chi connectivity index (χ2v) is 6.20. The lowest BCUT2D eigenvalue weighted by Crippen LogP contribution is -2.39. The highest BCUT2D eigenvalue weighted by Crippen LogP contribution is 2.42. The summed E-state index contributed by atoms with van der Waals surface area (Å²) in [4.78, 5) is 0. The molecular formula is C16H20O5. The van der Waals surface area contributed by atoms with E-state index in [-0.39, 0.29) is 30.7 Å². The van der Waals surface area contributed by atoms with Gasteiger partial charge in [0, 0.05) is 0 Å². The van der Waals surface area contributed by atoms with E-state index in [4.69, 9.17) is 23.7 Å². The standard InChI is InChI=1S/C16H20O5/c1-16(2)20-14-13(18-8-10-6-4-3-5-7-10)12(11-9-17-11)19-15(14)21-16/h3-7,11-15H,8-9H2,1-2H3/t11-,12+,13+,14-,15-/m1/s1. The molecule has 0 saturated carbocycles. The normalized spacial score (nSPS) is 40.2. The minimum absolute atomic E-state index is 0.103. The number of ether oxygens (including phenoxy) is 5. The van der Waals surface area contributed by atoms with Gasteiger partial charge in [-0.2, -0.15) is 0 Å². The number of epoxide rings is 1. The first kappa shape index (κ1) is 13.7. The summed E-state index contributed by atoms with van der Waals surface area (Å²) < 4.78 is 29.2. The molecule has 0 bridgehead atoms. The van der Waals surface area contributed by atoms with E-state index in [0.29, 0.717) is 6.61 Å². The summed E-state index contributed by atoms with van der Waals surface area (Å²) in [5.74, 6) is -0.626. The maximum atomic E-state index is 6.10. The zero-order valence-corrected chi connectivity index (χ0v) is 12.2. The maximum Gasteiger partial charge on any atom is 0.190 e. The van der Waals surface area contributed by atoms with Crippen LogP contribution in [0, 0.1) is 0 Å². The predicted octanol–water partition coefficient (Wildman–Crippen LogP) is 1.85. The van der Waals surface area contributed by atoms with Gasteiger partial charge in [-0.25, -0.2) is 0 Å². The van der Waals surface area contributed by atoms with Crippen LogP contribution in [-0.2, 0) is 30.3 Å². The molecule has 0 radical (unpaired) electrons. The van der Waals surface area contributed by atoms with Crippen LogP contribution in [0.4, 0.5) is 0 Å². The first-order valence-electron chi connectivity index (χ1n) is 7.41. The van der Waals surface area contributed by atoms with E-state index in [9.17, 15) is 0 Å². The smallest absolute Gasteiger partial charge is 0.190 e. The van der Waals surface area contributed by atoms with Crippen molar-refractivity contribution in [2.24, 2.45) is 0 Å². The van der Waals surface area contributed by atoms with Crippen molar-refractivity contribution in [2.45, 2.75) is 56.9 Å². The molecule has 3 saturated heterocycles. The summed E-state index contributed by atoms with van der Waals surface area (Å²) in [6.07, 6.45) is -0.733. The maximum absolute atomic E-state index is 6.10. The van der Waals surface area contributed by atoms with Crippen LogP contribution in [0.5, 0.6) is 0 Å². The Bertz CT molecular complexity index is 499. The lowest BCUT2D eigenvalue weighted by molar-refractivity contribution is -0.221. The molecule has 0 aromatic heterocycles. The fourth-order valence-electron chi connectivity index (χ4n) is 3.01. The summed E-state index contributed by atoms with van der Waals surface area (Å²) >= 11 is 0. The van der Waals surface area contributed by atoms with Crippen LogP contribution in [0.1, 0.15) is 19.4 Å². The van der Waals surface area contributed by atoms with E-state index in [0.717, 1.165) is 12.2 Å². The van der Waals surface area contributed by atoms with Crippen LogP contribution in [0.3, 0.4) is 0 Å². The molecule has 1 aromatic rings. The second kappa shape index (κ2) is 5.04. The third kappa shape index (κ3) is 2.72. The Balaban J connectivity index is 1.47. The van der Waals surface area contributed by atoms with Crippen molar-refractivity contribution in [3.8, 4) is 0 Å². The molecule has 3 aliphatic rings. The van der Waals surface area contributed by atoms with Gasteiger partial charge in [-0.15, -0.1) is 0 Å². The molecule has 0 amide bonds. The molecule has 0 N–H and O–H groups in total. The minimum atomic E-state index is -0.626. The van der Waals surface area contributed by atoms with Crippen molar-refractivity contribution in [2.75, 3.05) is 6.61 Å². The molecule has 5 atom stereocenters. The van der Waals surface area contributed by atoms with Crippen LogP contribution in [0.15, 0.2) is 30.3 Å². The van der Waals surface area contributed by atoms with Crippen molar-refractivity contribution < 1.29 is 23.7 Å². The van der Waals surface area contributed by atoms with E-state index in [2.05, 4.69) is 0 Å². The topological polar surface area (TPSA) is 49.5 Å². The monoisotopic (exact) mass is 292 g/mol. The van der Waals surface area contributed by atoms with Crippen molar-refractivity contribution in [3.05, 3.63) is 35.9 Å². The van der Waals surface area contributed by atoms with Crippen LogP contribution in [0.25, 0.3) is 0 Å². The Labute approximate surface area is 124 Å².